The number of rotatable bonds is 5. The summed E-state index contributed by atoms with van der Waals surface area (Å²) in [5.41, 5.74) is 5.45. The van der Waals surface area contributed by atoms with Crippen LogP contribution in [-0.4, -0.2) is 52.4 Å². The molecule has 3 aromatic carbocycles. The lowest BCUT2D eigenvalue weighted by molar-refractivity contribution is 0.0827. The second kappa shape index (κ2) is 7.93. The van der Waals surface area contributed by atoms with Gasteiger partial charge in [0.1, 0.15) is 12.4 Å². The average Bonchev–Trinajstić information content (AvgIpc) is 3.21. The minimum Gasteiger partial charge on any atom is -0.388 e. The highest BCUT2D eigenvalue weighted by Gasteiger charge is 2.11. The number of hydrogen-bond acceptors (Lipinski definition) is 4. The maximum atomic E-state index is 12.2. The first-order valence-corrected chi connectivity index (χ1v) is 9.52. The Morgan fingerprint density at radius 1 is 0.900 bits per heavy atom. The van der Waals surface area contributed by atoms with Gasteiger partial charge in [-0.2, -0.15) is 0 Å². The number of H-pyrrole nitrogens is 1. The predicted octanol–water partition coefficient (Wildman–Crippen LogP) is 3.77. The molecule has 0 saturated carbocycles. The monoisotopic (exact) mass is 399 g/mol. The van der Waals surface area contributed by atoms with Crippen LogP contribution in [0.4, 0.5) is 0 Å². The fourth-order valence-corrected chi connectivity index (χ4v) is 3.32. The Balaban J connectivity index is 1.63. The lowest BCUT2D eigenvalue weighted by Crippen LogP contribution is -2.21. The van der Waals surface area contributed by atoms with E-state index in [2.05, 4.69) is 9.97 Å². The van der Waals surface area contributed by atoms with Gasteiger partial charge in [0.05, 0.1) is 11.0 Å². The van der Waals surface area contributed by atoms with Crippen molar-refractivity contribution in [2.45, 2.75) is 0 Å². The summed E-state index contributed by atoms with van der Waals surface area (Å²) in [6.45, 7) is -0.519. The number of fused-ring (bicyclic) bond motifs is 1. The van der Waals surface area contributed by atoms with E-state index in [4.69, 9.17) is 5.11 Å². The van der Waals surface area contributed by atoms with Crippen LogP contribution in [0.25, 0.3) is 33.5 Å². The highest BCUT2D eigenvalue weighted by atomic mass is 16.3. The van der Waals surface area contributed by atoms with Crippen LogP contribution in [0.3, 0.4) is 0 Å². The first kappa shape index (κ1) is 19.5. The van der Waals surface area contributed by atoms with Crippen LogP contribution in [0.15, 0.2) is 66.7 Å². The third-order valence-corrected chi connectivity index (χ3v) is 4.95. The van der Waals surface area contributed by atoms with Gasteiger partial charge in [-0.1, -0.05) is 36.4 Å². The Morgan fingerprint density at radius 3 is 2.33 bits per heavy atom. The lowest BCUT2D eigenvalue weighted by Gasteiger charge is -2.11. The van der Waals surface area contributed by atoms with E-state index in [0.717, 1.165) is 27.7 Å². The highest BCUT2D eigenvalue weighted by molar-refractivity contribution is 6.00. The molecular weight excluding hydrogens is 378 g/mol. The number of hydrogen-bond donors (Lipinski definition) is 2. The van der Waals surface area contributed by atoms with Crippen LogP contribution in [-0.2, 0) is 0 Å². The SMILES string of the molecule is CN(C)C(=O)c1cccc(-c2ccc(-c3nc4ccc(C(=O)CO)cc4[nH]3)cc2)c1. The van der Waals surface area contributed by atoms with Crippen molar-refractivity contribution in [2.75, 3.05) is 20.7 Å². The summed E-state index contributed by atoms with van der Waals surface area (Å²) in [4.78, 5) is 33.3. The molecule has 150 valence electrons. The molecule has 6 heteroatoms. The van der Waals surface area contributed by atoms with Crippen LogP contribution in [0.2, 0.25) is 0 Å². The molecule has 0 unspecified atom stereocenters. The van der Waals surface area contributed by atoms with Gasteiger partial charge in [-0.25, -0.2) is 4.98 Å². The molecule has 30 heavy (non-hydrogen) atoms. The fraction of sp³-hybridized carbons (Fsp3) is 0.125. The van der Waals surface area contributed by atoms with E-state index in [9.17, 15) is 9.59 Å². The molecule has 0 aliphatic carbocycles. The van der Waals surface area contributed by atoms with Crippen molar-refractivity contribution in [1.82, 2.24) is 14.9 Å². The summed E-state index contributed by atoms with van der Waals surface area (Å²) in [5.74, 6) is 0.337. The Bertz CT molecular complexity index is 1240. The molecule has 1 aromatic heterocycles. The molecule has 2 N–H and O–H groups in total. The first-order valence-electron chi connectivity index (χ1n) is 9.52. The van der Waals surface area contributed by atoms with Gasteiger partial charge in [0, 0.05) is 30.8 Å². The van der Waals surface area contributed by atoms with Crippen LogP contribution in [0, 0.1) is 0 Å². The number of aromatic amines is 1. The first-order chi connectivity index (χ1) is 14.5. The Labute approximate surface area is 173 Å². The molecule has 0 aliphatic rings. The number of aromatic nitrogens is 2. The van der Waals surface area contributed by atoms with Crippen molar-refractivity contribution in [3.63, 3.8) is 0 Å². The van der Waals surface area contributed by atoms with Crippen molar-refractivity contribution >= 4 is 22.7 Å². The molecular formula is C24H21N3O3. The van der Waals surface area contributed by atoms with E-state index in [1.54, 1.807) is 37.2 Å². The molecule has 0 fully saturated rings. The molecule has 1 heterocycles. The van der Waals surface area contributed by atoms with Gasteiger partial charge in [-0.05, 0) is 41.5 Å². The Hall–Kier alpha value is -3.77. The number of nitrogens with zero attached hydrogens (tertiary/aromatic N) is 2. The molecule has 0 spiro atoms. The van der Waals surface area contributed by atoms with E-state index in [0.29, 0.717) is 17.0 Å². The second-order valence-electron chi connectivity index (χ2n) is 7.26. The number of aliphatic hydroxyl groups excluding tert-OH is 1. The standard InChI is InChI=1S/C24H21N3O3/c1-27(2)24(30)19-5-3-4-17(12-19)15-6-8-16(9-7-15)23-25-20-11-10-18(22(29)14-28)13-21(20)26-23/h3-13,28H,14H2,1-2H3,(H,25,26). The Morgan fingerprint density at radius 2 is 1.63 bits per heavy atom. The summed E-state index contributed by atoms with van der Waals surface area (Å²) < 4.78 is 0. The topological polar surface area (TPSA) is 86.3 Å². The van der Waals surface area contributed by atoms with Crippen LogP contribution >= 0.6 is 0 Å². The maximum Gasteiger partial charge on any atom is 0.253 e. The number of Topliss-reactive ketones (excluding diaryl/α,β-unsaturated/α-hetero) is 1. The Kier molecular flexibility index (Phi) is 5.16. The lowest BCUT2D eigenvalue weighted by atomic mass is 10.0. The van der Waals surface area contributed by atoms with E-state index < -0.39 is 6.61 Å². The van der Waals surface area contributed by atoms with Gasteiger partial charge in [0.15, 0.2) is 5.78 Å². The minimum atomic E-state index is -0.519. The van der Waals surface area contributed by atoms with Crippen molar-refractivity contribution in [2.24, 2.45) is 0 Å². The summed E-state index contributed by atoms with van der Waals surface area (Å²) in [6, 6.07) is 20.6. The smallest absolute Gasteiger partial charge is 0.253 e. The number of benzene rings is 3. The van der Waals surface area contributed by atoms with Gasteiger partial charge in [0.2, 0.25) is 0 Å². The highest BCUT2D eigenvalue weighted by Crippen LogP contribution is 2.26. The fourth-order valence-electron chi connectivity index (χ4n) is 3.32. The van der Waals surface area contributed by atoms with Gasteiger partial charge in [-0.3, -0.25) is 9.59 Å². The number of carbonyl (C=O) groups excluding carboxylic acids is 2. The molecule has 0 saturated heterocycles. The van der Waals surface area contributed by atoms with Crippen molar-refractivity contribution < 1.29 is 14.7 Å². The minimum absolute atomic E-state index is 0.0326. The number of nitrogens with one attached hydrogen (secondary N) is 1. The maximum absolute atomic E-state index is 12.2. The molecule has 0 aliphatic heterocycles. The molecule has 4 rings (SSSR count). The predicted molar refractivity (Wildman–Crippen MR) is 116 cm³/mol. The quantitative estimate of drug-likeness (QED) is 0.500. The van der Waals surface area contributed by atoms with E-state index in [1.165, 1.54) is 0 Å². The molecule has 0 atom stereocenters. The molecule has 6 nitrogen and oxygen atoms in total. The number of ketones is 1. The molecule has 4 aromatic rings. The normalized spacial score (nSPS) is 10.9. The third kappa shape index (κ3) is 3.73. The average molecular weight is 399 g/mol. The van der Waals surface area contributed by atoms with Crippen LogP contribution in [0.5, 0.6) is 0 Å². The van der Waals surface area contributed by atoms with Gasteiger partial charge < -0.3 is 15.0 Å². The van der Waals surface area contributed by atoms with Crippen LogP contribution < -0.4 is 0 Å². The molecule has 1 amide bonds. The van der Waals surface area contributed by atoms with Crippen molar-refractivity contribution in [3.05, 3.63) is 77.9 Å². The number of carbonyl (C=O) groups is 2. The number of imidazole rings is 1. The number of aliphatic hydroxyl groups is 1. The van der Waals surface area contributed by atoms with Gasteiger partial charge >= 0.3 is 0 Å². The van der Waals surface area contributed by atoms with E-state index in [1.807, 2.05) is 48.5 Å². The largest absolute Gasteiger partial charge is 0.388 e. The number of amides is 1. The third-order valence-electron chi connectivity index (χ3n) is 4.95. The summed E-state index contributed by atoms with van der Waals surface area (Å²) in [6.07, 6.45) is 0. The zero-order valence-corrected chi connectivity index (χ0v) is 16.7. The van der Waals surface area contributed by atoms with E-state index >= 15 is 0 Å². The second-order valence-corrected chi connectivity index (χ2v) is 7.26. The van der Waals surface area contributed by atoms with Crippen molar-refractivity contribution in [1.29, 1.82) is 0 Å². The van der Waals surface area contributed by atoms with Gasteiger partial charge in [0.25, 0.3) is 5.91 Å². The van der Waals surface area contributed by atoms with Crippen molar-refractivity contribution in [3.8, 4) is 22.5 Å². The van der Waals surface area contributed by atoms with E-state index in [-0.39, 0.29) is 11.7 Å². The zero-order valence-electron chi connectivity index (χ0n) is 16.7. The summed E-state index contributed by atoms with van der Waals surface area (Å²) >= 11 is 0. The zero-order chi connectivity index (χ0) is 21.3. The molecule has 0 radical (unpaired) electrons. The summed E-state index contributed by atoms with van der Waals surface area (Å²) in [5, 5.41) is 9.04. The molecule has 0 bridgehead atoms. The van der Waals surface area contributed by atoms with Crippen LogP contribution in [0.1, 0.15) is 20.7 Å². The summed E-state index contributed by atoms with van der Waals surface area (Å²) in [7, 11) is 3.47. The van der Waals surface area contributed by atoms with Gasteiger partial charge in [-0.15, -0.1) is 0 Å².